The molecule has 6 heteroatoms. The van der Waals surface area contributed by atoms with E-state index in [0.717, 1.165) is 0 Å². The van der Waals surface area contributed by atoms with Crippen molar-refractivity contribution in [2.24, 2.45) is 5.73 Å². The Hall–Kier alpha value is -2.63. The van der Waals surface area contributed by atoms with Gasteiger partial charge >= 0.3 is 0 Å². The van der Waals surface area contributed by atoms with E-state index in [9.17, 15) is 10.1 Å². The first-order chi connectivity index (χ1) is 8.08. The van der Waals surface area contributed by atoms with Crippen molar-refractivity contribution < 1.29 is 9.34 Å². The summed E-state index contributed by atoms with van der Waals surface area (Å²) in [5.74, 6) is 0.640. The van der Waals surface area contributed by atoms with Crippen LogP contribution in [0.25, 0.3) is 11.3 Å². The van der Waals surface area contributed by atoms with Crippen molar-refractivity contribution in [1.82, 2.24) is 0 Å². The molecule has 0 atom stereocenters. The van der Waals surface area contributed by atoms with E-state index >= 15 is 0 Å². The van der Waals surface area contributed by atoms with Gasteiger partial charge in [0, 0.05) is 17.7 Å². The Kier molecular flexibility index (Phi) is 2.61. The third kappa shape index (κ3) is 2.15. The van der Waals surface area contributed by atoms with Crippen molar-refractivity contribution in [3.05, 3.63) is 52.3 Å². The molecule has 0 aliphatic rings. The maximum Gasteiger partial charge on any atom is 0.269 e. The standard InChI is InChI=1S/C11H9N3O3/c12-11(13)10-6-5-9(17-10)7-1-3-8(4-2-7)14(15)16/h1-6H,(H3,12,13). The Labute approximate surface area is 96.3 Å². The predicted octanol–water partition coefficient (Wildman–Crippen LogP) is 2.14. The molecule has 6 nitrogen and oxygen atoms in total. The summed E-state index contributed by atoms with van der Waals surface area (Å²) < 4.78 is 5.31. The average molecular weight is 231 g/mol. The minimum absolute atomic E-state index is 0.0205. The van der Waals surface area contributed by atoms with Gasteiger partial charge in [-0.05, 0) is 24.3 Å². The summed E-state index contributed by atoms with van der Waals surface area (Å²) in [5.41, 5.74) is 5.99. The SMILES string of the molecule is N=C(N)c1ccc(-c2ccc([N+](=O)[O-])cc2)o1. The highest BCUT2D eigenvalue weighted by atomic mass is 16.6. The molecule has 0 radical (unpaired) electrons. The Morgan fingerprint density at radius 2 is 1.88 bits per heavy atom. The lowest BCUT2D eigenvalue weighted by Gasteiger charge is -1.96. The van der Waals surface area contributed by atoms with Crippen molar-refractivity contribution in [2.45, 2.75) is 0 Å². The third-order valence-corrected chi connectivity index (χ3v) is 2.23. The number of amidine groups is 1. The number of nitrogens with one attached hydrogen (secondary N) is 1. The van der Waals surface area contributed by atoms with Gasteiger partial charge in [-0.15, -0.1) is 0 Å². The minimum Gasteiger partial charge on any atom is -0.453 e. The van der Waals surface area contributed by atoms with Crippen LogP contribution in [-0.2, 0) is 0 Å². The molecule has 0 amide bonds. The molecule has 0 aliphatic heterocycles. The van der Waals surface area contributed by atoms with Crippen LogP contribution in [0.5, 0.6) is 0 Å². The average Bonchev–Trinajstić information content (AvgIpc) is 2.78. The second-order valence-electron chi connectivity index (χ2n) is 3.38. The molecular weight excluding hydrogens is 222 g/mol. The summed E-state index contributed by atoms with van der Waals surface area (Å²) in [6.45, 7) is 0. The van der Waals surface area contributed by atoms with Crippen LogP contribution in [0.3, 0.4) is 0 Å². The van der Waals surface area contributed by atoms with Crippen LogP contribution in [0.15, 0.2) is 40.8 Å². The van der Waals surface area contributed by atoms with E-state index in [-0.39, 0.29) is 17.3 Å². The fourth-order valence-corrected chi connectivity index (χ4v) is 1.39. The van der Waals surface area contributed by atoms with Crippen LogP contribution in [0.2, 0.25) is 0 Å². The number of nitrogens with two attached hydrogens (primary N) is 1. The Morgan fingerprint density at radius 1 is 1.24 bits per heavy atom. The van der Waals surface area contributed by atoms with E-state index in [1.165, 1.54) is 12.1 Å². The molecule has 2 aromatic rings. The van der Waals surface area contributed by atoms with Gasteiger partial charge < -0.3 is 10.2 Å². The summed E-state index contributed by atoms with van der Waals surface area (Å²) in [7, 11) is 0. The van der Waals surface area contributed by atoms with Gasteiger partial charge in [0.1, 0.15) is 5.76 Å². The number of nitrogens with zero attached hydrogens (tertiary/aromatic N) is 1. The lowest BCUT2D eigenvalue weighted by molar-refractivity contribution is -0.384. The van der Waals surface area contributed by atoms with E-state index < -0.39 is 4.92 Å². The maximum atomic E-state index is 10.5. The van der Waals surface area contributed by atoms with E-state index in [2.05, 4.69) is 0 Å². The van der Waals surface area contributed by atoms with Gasteiger partial charge in [0.25, 0.3) is 5.69 Å². The Morgan fingerprint density at radius 3 is 2.35 bits per heavy atom. The number of rotatable bonds is 3. The first-order valence-corrected chi connectivity index (χ1v) is 4.77. The molecule has 0 aliphatic carbocycles. The van der Waals surface area contributed by atoms with E-state index in [1.807, 2.05) is 0 Å². The zero-order valence-electron chi connectivity index (χ0n) is 8.71. The van der Waals surface area contributed by atoms with Gasteiger partial charge in [-0.3, -0.25) is 15.5 Å². The minimum atomic E-state index is -0.465. The van der Waals surface area contributed by atoms with Crippen molar-refractivity contribution >= 4 is 11.5 Å². The highest BCUT2D eigenvalue weighted by Crippen LogP contribution is 2.24. The molecule has 3 N–H and O–H groups in total. The topological polar surface area (TPSA) is 106 Å². The van der Waals surface area contributed by atoms with Crippen LogP contribution >= 0.6 is 0 Å². The molecule has 2 rings (SSSR count). The van der Waals surface area contributed by atoms with Crippen molar-refractivity contribution in [3.8, 4) is 11.3 Å². The third-order valence-electron chi connectivity index (χ3n) is 2.23. The molecule has 0 spiro atoms. The van der Waals surface area contributed by atoms with Crippen LogP contribution in [0.4, 0.5) is 5.69 Å². The molecule has 0 bridgehead atoms. The van der Waals surface area contributed by atoms with Gasteiger partial charge in [0.05, 0.1) is 4.92 Å². The summed E-state index contributed by atoms with van der Waals surface area (Å²) >= 11 is 0. The van der Waals surface area contributed by atoms with Gasteiger partial charge in [-0.25, -0.2) is 0 Å². The molecule has 0 fully saturated rings. The van der Waals surface area contributed by atoms with E-state index in [0.29, 0.717) is 11.3 Å². The number of nitro benzene ring substituents is 1. The highest BCUT2D eigenvalue weighted by Gasteiger charge is 2.09. The summed E-state index contributed by atoms with van der Waals surface area (Å²) in [6.07, 6.45) is 0. The fraction of sp³-hybridized carbons (Fsp3) is 0. The number of benzene rings is 1. The highest BCUT2D eigenvalue weighted by molar-refractivity contribution is 5.92. The lowest BCUT2D eigenvalue weighted by atomic mass is 10.1. The number of non-ortho nitro benzene ring substituents is 1. The first kappa shape index (κ1) is 10.9. The molecule has 1 aromatic carbocycles. The number of furan rings is 1. The Bertz CT molecular complexity index is 572. The van der Waals surface area contributed by atoms with Gasteiger partial charge in [-0.1, -0.05) is 0 Å². The second kappa shape index (κ2) is 4.09. The van der Waals surface area contributed by atoms with Crippen LogP contribution in [0, 0.1) is 15.5 Å². The molecule has 0 unspecified atom stereocenters. The quantitative estimate of drug-likeness (QED) is 0.365. The van der Waals surface area contributed by atoms with Crippen LogP contribution in [-0.4, -0.2) is 10.8 Å². The smallest absolute Gasteiger partial charge is 0.269 e. The number of nitrogen functional groups attached to an aromatic ring is 1. The molecular formula is C11H9N3O3. The number of hydrogen-bond donors (Lipinski definition) is 2. The van der Waals surface area contributed by atoms with E-state index in [4.69, 9.17) is 15.6 Å². The molecule has 17 heavy (non-hydrogen) atoms. The monoisotopic (exact) mass is 231 g/mol. The maximum absolute atomic E-state index is 10.5. The molecule has 86 valence electrons. The normalized spacial score (nSPS) is 10.1. The molecule has 0 saturated carbocycles. The van der Waals surface area contributed by atoms with E-state index in [1.54, 1.807) is 24.3 Å². The lowest BCUT2D eigenvalue weighted by Crippen LogP contribution is -2.09. The van der Waals surface area contributed by atoms with Crippen molar-refractivity contribution in [2.75, 3.05) is 0 Å². The van der Waals surface area contributed by atoms with Crippen molar-refractivity contribution in [3.63, 3.8) is 0 Å². The van der Waals surface area contributed by atoms with Crippen LogP contribution < -0.4 is 5.73 Å². The zero-order chi connectivity index (χ0) is 12.4. The molecule has 0 saturated heterocycles. The number of nitro groups is 1. The largest absolute Gasteiger partial charge is 0.453 e. The Balaban J connectivity index is 2.33. The van der Waals surface area contributed by atoms with Crippen molar-refractivity contribution in [1.29, 1.82) is 5.41 Å². The summed E-state index contributed by atoms with van der Waals surface area (Å²) in [5, 5.41) is 17.7. The van der Waals surface area contributed by atoms with Crippen LogP contribution in [0.1, 0.15) is 5.76 Å². The number of hydrogen-bond acceptors (Lipinski definition) is 4. The molecule has 1 heterocycles. The summed E-state index contributed by atoms with van der Waals surface area (Å²) in [6, 6.07) is 9.20. The first-order valence-electron chi connectivity index (χ1n) is 4.77. The van der Waals surface area contributed by atoms with Gasteiger partial charge in [-0.2, -0.15) is 0 Å². The fourth-order valence-electron chi connectivity index (χ4n) is 1.39. The summed E-state index contributed by atoms with van der Waals surface area (Å²) in [4.78, 5) is 10.0. The molecule has 1 aromatic heterocycles. The zero-order valence-corrected chi connectivity index (χ0v) is 8.71. The second-order valence-corrected chi connectivity index (χ2v) is 3.38. The van der Waals surface area contributed by atoms with Gasteiger partial charge in [0.15, 0.2) is 11.6 Å². The predicted molar refractivity (Wildman–Crippen MR) is 61.8 cm³/mol. The van der Waals surface area contributed by atoms with Gasteiger partial charge in [0.2, 0.25) is 0 Å².